The van der Waals surface area contributed by atoms with Crippen molar-refractivity contribution >= 4 is 30.2 Å². The van der Waals surface area contributed by atoms with Gasteiger partial charge in [-0.25, -0.2) is 4.79 Å². The van der Waals surface area contributed by atoms with E-state index < -0.39 is 5.97 Å². The molecule has 0 aliphatic heterocycles. The Labute approximate surface area is 111 Å². The van der Waals surface area contributed by atoms with Gasteiger partial charge >= 0.3 is 5.97 Å². The van der Waals surface area contributed by atoms with Crippen molar-refractivity contribution in [2.75, 3.05) is 19.0 Å². The van der Waals surface area contributed by atoms with Crippen LogP contribution in [0.1, 0.15) is 12.5 Å². The molecule has 0 saturated carbocycles. The smallest absolute Gasteiger partial charge is 0.343 e. The molecule has 0 atom stereocenters. The molecule has 0 fully saturated rings. The minimum Gasteiger partial charge on any atom is -0.482 e. The van der Waals surface area contributed by atoms with E-state index in [1.807, 2.05) is 6.92 Å². The first-order chi connectivity index (χ1) is 8.43. The number of carbonyl (C=O) groups is 2. The van der Waals surface area contributed by atoms with E-state index in [0.717, 1.165) is 5.56 Å². The summed E-state index contributed by atoms with van der Waals surface area (Å²) in [6.45, 7) is 3.05. The molecule has 0 aliphatic carbocycles. The second kappa shape index (κ2) is 6.30. The van der Waals surface area contributed by atoms with Gasteiger partial charge in [-0.3, -0.25) is 4.79 Å². The summed E-state index contributed by atoms with van der Waals surface area (Å²) >= 11 is 4.25. The Balaban J connectivity index is 2.90. The van der Waals surface area contributed by atoms with E-state index in [2.05, 4.69) is 22.7 Å². The lowest BCUT2D eigenvalue weighted by Gasteiger charge is -2.12. The highest BCUT2D eigenvalue weighted by molar-refractivity contribution is 7.80. The maximum absolute atomic E-state index is 11.0. The molecule has 0 spiro atoms. The Kier molecular flexibility index (Phi) is 5.03. The Morgan fingerprint density at radius 1 is 1.39 bits per heavy atom. The van der Waals surface area contributed by atoms with Gasteiger partial charge in [0.05, 0.1) is 12.8 Å². The van der Waals surface area contributed by atoms with Crippen LogP contribution in [0, 0.1) is 6.92 Å². The number of methoxy groups -OCH3 is 1. The Morgan fingerprint density at radius 3 is 2.61 bits per heavy atom. The molecule has 0 unspecified atom stereocenters. The van der Waals surface area contributed by atoms with Crippen molar-refractivity contribution < 1.29 is 19.1 Å². The maximum Gasteiger partial charge on any atom is 0.343 e. The molecule has 98 valence electrons. The van der Waals surface area contributed by atoms with Crippen molar-refractivity contribution in [1.29, 1.82) is 0 Å². The summed E-state index contributed by atoms with van der Waals surface area (Å²) in [4.78, 5) is 22.6. The third kappa shape index (κ3) is 3.96. The summed E-state index contributed by atoms with van der Waals surface area (Å²) in [6.07, 6.45) is 0. The van der Waals surface area contributed by atoms with Crippen molar-refractivity contribution in [2.24, 2.45) is 0 Å². The van der Waals surface area contributed by atoms with Crippen LogP contribution in [-0.2, 0) is 14.3 Å². The van der Waals surface area contributed by atoms with Crippen molar-refractivity contribution in [3.05, 3.63) is 17.7 Å². The van der Waals surface area contributed by atoms with Gasteiger partial charge < -0.3 is 14.8 Å². The van der Waals surface area contributed by atoms with Crippen molar-refractivity contribution in [3.63, 3.8) is 0 Å². The number of thiol groups is 1. The summed E-state index contributed by atoms with van der Waals surface area (Å²) in [6, 6.07) is 3.38. The van der Waals surface area contributed by atoms with E-state index in [1.54, 1.807) is 12.1 Å². The quantitative estimate of drug-likeness (QED) is 0.646. The normalized spacial score (nSPS) is 9.78. The zero-order chi connectivity index (χ0) is 13.7. The molecule has 1 N–H and O–H groups in total. The van der Waals surface area contributed by atoms with E-state index >= 15 is 0 Å². The molecular formula is C12H15NO4S. The first-order valence-corrected chi connectivity index (χ1v) is 5.69. The van der Waals surface area contributed by atoms with Crippen LogP contribution in [0.2, 0.25) is 0 Å². The molecule has 5 nitrogen and oxygen atoms in total. The number of hydrogen-bond donors (Lipinski definition) is 2. The van der Waals surface area contributed by atoms with Crippen molar-refractivity contribution in [2.45, 2.75) is 18.7 Å². The standard InChI is InChI=1S/C12H15NO4S/c1-7-4-11(18)9(13-8(2)14)5-10(7)17-6-12(15)16-3/h4-5,18H,6H2,1-3H3,(H,13,14). The zero-order valence-corrected chi connectivity index (χ0v) is 11.3. The van der Waals surface area contributed by atoms with Crippen molar-refractivity contribution in [1.82, 2.24) is 0 Å². The number of ether oxygens (including phenoxy) is 2. The number of anilines is 1. The summed E-state index contributed by atoms with van der Waals surface area (Å²) in [7, 11) is 1.29. The van der Waals surface area contributed by atoms with Gasteiger partial charge in [0.25, 0.3) is 0 Å². The molecule has 0 aromatic heterocycles. The number of carbonyl (C=O) groups excluding carboxylic acids is 2. The van der Waals surface area contributed by atoms with Crippen LogP contribution in [0.15, 0.2) is 17.0 Å². The van der Waals surface area contributed by atoms with Crippen LogP contribution in [-0.4, -0.2) is 25.6 Å². The minimum atomic E-state index is -0.467. The first-order valence-electron chi connectivity index (χ1n) is 5.25. The van der Waals surface area contributed by atoms with Crippen LogP contribution >= 0.6 is 12.6 Å². The van der Waals surface area contributed by atoms with Crippen LogP contribution in [0.3, 0.4) is 0 Å². The van der Waals surface area contributed by atoms with E-state index in [-0.39, 0.29) is 12.5 Å². The number of rotatable bonds is 4. The Bertz CT molecular complexity index is 473. The maximum atomic E-state index is 11.0. The van der Waals surface area contributed by atoms with Gasteiger partial charge in [0, 0.05) is 17.9 Å². The lowest BCUT2D eigenvalue weighted by atomic mass is 10.2. The van der Waals surface area contributed by atoms with E-state index in [4.69, 9.17) is 4.74 Å². The van der Waals surface area contributed by atoms with Gasteiger partial charge in [-0.2, -0.15) is 0 Å². The van der Waals surface area contributed by atoms with Gasteiger partial charge in [0.2, 0.25) is 5.91 Å². The summed E-state index contributed by atoms with van der Waals surface area (Å²) in [5.74, 6) is -0.166. The number of amides is 1. The van der Waals surface area contributed by atoms with Crippen LogP contribution in [0.5, 0.6) is 5.75 Å². The minimum absolute atomic E-state index is 0.178. The van der Waals surface area contributed by atoms with Crippen LogP contribution in [0.25, 0.3) is 0 Å². The van der Waals surface area contributed by atoms with Crippen LogP contribution in [0.4, 0.5) is 5.69 Å². The second-order valence-electron chi connectivity index (χ2n) is 3.68. The molecule has 1 rings (SSSR count). The molecule has 1 aromatic rings. The first kappa shape index (κ1) is 14.4. The molecule has 0 radical (unpaired) electrons. The third-order valence-electron chi connectivity index (χ3n) is 2.18. The molecular weight excluding hydrogens is 254 g/mol. The van der Waals surface area contributed by atoms with Gasteiger partial charge in [0.1, 0.15) is 5.75 Å². The van der Waals surface area contributed by atoms with Gasteiger partial charge in [-0.15, -0.1) is 12.6 Å². The fourth-order valence-corrected chi connectivity index (χ4v) is 1.63. The van der Waals surface area contributed by atoms with E-state index in [0.29, 0.717) is 16.3 Å². The van der Waals surface area contributed by atoms with Crippen LogP contribution < -0.4 is 10.1 Å². The Hall–Kier alpha value is -1.69. The Morgan fingerprint density at radius 2 is 2.06 bits per heavy atom. The predicted octanol–water partition coefficient (Wildman–Crippen LogP) is 1.79. The fourth-order valence-electron chi connectivity index (χ4n) is 1.31. The number of nitrogens with one attached hydrogen (secondary N) is 1. The summed E-state index contributed by atoms with van der Waals surface area (Å²) < 4.78 is 9.79. The number of aryl methyl sites for hydroxylation is 1. The lowest BCUT2D eigenvalue weighted by molar-refractivity contribution is -0.142. The largest absolute Gasteiger partial charge is 0.482 e. The molecule has 0 heterocycles. The molecule has 18 heavy (non-hydrogen) atoms. The molecule has 6 heteroatoms. The molecule has 1 aromatic carbocycles. The fraction of sp³-hybridized carbons (Fsp3) is 0.333. The number of hydrogen-bond acceptors (Lipinski definition) is 5. The topological polar surface area (TPSA) is 64.6 Å². The zero-order valence-electron chi connectivity index (χ0n) is 10.4. The lowest BCUT2D eigenvalue weighted by Crippen LogP contribution is -2.13. The number of benzene rings is 1. The molecule has 1 amide bonds. The van der Waals surface area contributed by atoms with Gasteiger partial charge in [0.15, 0.2) is 6.61 Å². The third-order valence-corrected chi connectivity index (χ3v) is 2.55. The second-order valence-corrected chi connectivity index (χ2v) is 4.16. The monoisotopic (exact) mass is 269 g/mol. The summed E-state index contributed by atoms with van der Waals surface area (Å²) in [5, 5.41) is 2.63. The predicted molar refractivity (Wildman–Crippen MR) is 70.2 cm³/mol. The highest BCUT2D eigenvalue weighted by atomic mass is 32.1. The van der Waals surface area contributed by atoms with Gasteiger partial charge in [-0.1, -0.05) is 0 Å². The van der Waals surface area contributed by atoms with E-state index in [1.165, 1.54) is 14.0 Å². The molecule has 0 bridgehead atoms. The van der Waals surface area contributed by atoms with Gasteiger partial charge in [-0.05, 0) is 18.6 Å². The highest BCUT2D eigenvalue weighted by Crippen LogP contribution is 2.29. The SMILES string of the molecule is COC(=O)COc1cc(NC(C)=O)c(S)cc1C. The average Bonchev–Trinajstić information content (AvgIpc) is 2.30. The summed E-state index contributed by atoms with van der Waals surface area (Å²) in [5.41, 5.74) is 1.36. The van der Waals surface area contributed by atoms with Crippen molar-refractivity contribution in [3.8, 4) is 5.75 Å². The molecule has 0 saturated heterocycles. The number of esters is 1. The van der Waals surface area contributed by atoms with E-state index in [9.17, 15) is 9.59 Å². The molecule has 0 aliphatic rings. The highest BCUT2D eigenvalue weighted by Gasteiger charge is 2.09. The average molecular weight is 269 g/mol.